The van der Waals surface area contributed by atoms with Gasteiger partial charge in [-0.1, -0.05) is 0 Å². The summed E-state index contributed by atoms with van der Waals surface area (Å²) >= 11 is 0. The summed E-state index contributed by atoms with van der Waals surface area (Å²) in [5, 5.41) is 30.3. The van der Waals surface area contributed by atoms with Crippen LogP contribution in [0.4, 0.5) is 0 Å². The lowest BCUT2D eigenvalue weighted by Crippen LogP contribution is -2.33. The maximum absolute atomic E-state index is 14.0. The van der Waals surface area contributed by atoms with Gasteiger partial charge in [-0.05, 0) is 13.8 Å². The number of H-pyrrole nitrogens is 3. The van der Waals surface area contributed by atoms with Crippen LogP contribution in [-0.2, 0) is 23.1 Å². The highest BCUT2D eigenvalue weighted by Crippen LogP contribution is 2.51. The van der Waals surface area contributed by atoms with Crippen molar-refractivity contribution in [3.05, 3.63) is 71.4 Å². The van der Waals surface area contributed by atoms with Gasteiger partial charge >= 0.3 is 19.0 Å². The van der Waals surface area contributed by atoms with Gasteiger partial charge in [0.05, 0.1) is 25.5 Å². The van der Waals surface area contributed by atoms with Gasteiger partial charge in [0.1, 0.15) is 30.8 Å². The fraction of sp³-hybridized carbons (Fsp3) is 0.545. The lowest BCUT2D eigenvalue weighted by molar-refractivity contribution is -0.0517. The van der Waals surface area contributed by atoms with Crippen molar-refractivity contribution in [3.63, 3.8) is 0 Å². The van der Waals surface area contributed by atoms with Crippen LogP contribution in [0.3, 0.4) is 0 Å². The molecule has 3 aromatic rings. The van der Waals surface area contributed by atoms with Crippen molar-refractivity contribution in [2.75, 3.05) is 13.2 Å². The molecule has 2 saturated heterocycles. The van der Waals surface area contributed by atoms with Crippen molar-refractivity contribution in [1.82, 2.24) is 34.5 Å². The highest BCUT2D eigenvalue weighted by atomic mass is 31.2. The third-order valence-electron chi connectivity index (χ3n) is 6.84. The fourth-order valence-electron chi connectivity index (χ4n) is 4.61. The second kappa shape index (κ2) is 11.4. The van der Waals surface area contributed by atoms with Crippen LogP contribution >= 0.6 is 7.60 Å². The Morgan fingerprint density at radius 3 is 2.15 bits per heavy atom. The molecule has 19 heteroatoms. The average molecular weight is 597 g/mol. The van der Waals surface area contributed by atoms with Gasteiger partial charge in [0.25, 0.3) is 11.1 Å². The minimum Gasteiger partial charge on any atom is -0.394 e. The molecule has 0 aliphatic carbocycles. The molecule has 18 nitrogen and oxygen atoms in total. The Bertz CT molecular complexity index is 1680. The Hall–Kier alpha value is -3.51. The van der Waals surface area contributed by atoms with Gasteiger partial charge in [-0.15, -0.1) is 5.10 Å². The molecule has 2 fully saturated rings. The van der Waals surface area contributed by atoms with Crippen LogP contribution in [-0.4, -0.2) is 82.4 Å². The largest absolute Gasteiger partial charge is 0.394 e. The van der Waals surface area contributed by atoms with Crippen molar-refractivity contribution in [3.8, 4) is 0 Å². The molecule has 41 heavy (non-hydrogen) atoms. The van der Waals surface area contributed by atoms with E-state index in [0.29, 0.717) is 0 Å². The van der Waals surface area contributed by atoms with Gasteiger partial charge in [-0.2, -0.15) is 10.3 Å². The number of hydrogen-bond acceptors (Lipinski definition) is 13. The second-order valence-electron chi connectivity index (χ2n) is 9.70. The van der Waals surface area contributed by atoms with E-state index in [0.717, 1.165) is 15.3 Å². The number of aliphatic hydroxyl groups excluding tert-OH is 2. The Kier molecular flexibility index (Phi) is 8.06. The molecule has 0 amide bonds. The summed E-state index contributed by atoms with van der Waals surface area (Å²) in [5.41, 5.74) is -2.25. The lowest BCUT2D eigenvalue weighted by Gasteiger charge is -2.24. The number of aliphatic hydroxyl groups is 2. The lowest BCUT2D eigenvalue weighted by atomic mass is 10.2. The van der Waals surface area contributed by atoms with Gasteiger partial charge in [0.15, 0.2) is 5.44 Å². The number of nitrogens with zero attached hydrogens (tertiary/aromatic N) is 4. The first kappa shape index (κ1) is 29.0. The predicted molar refractivity (Wildman–Crippen MR) is 137 cm³/mol. The number of nitrogens with one attached hydrogen (secondary N) is 3. The summed E-state index contributed by atoms with van der Waals surface area (Å²) in [6.07, 6.45) is -2.51. The molecular weight excluding hydrogens is 569 g/mol. The van der Waals surface area contributed by atoms with Crippen molar-refractivity contribution < 1.29 is 33.3 Å². The minimum absolute atomic E-state index is 0.0212. The van der Waals surface area contributed by atoms with Crippen molar-refractivity contribution in [1.29, 1.82) is 0 Å². The summed E-state index contributed by atoms with van der Waals surface area (Å²) in [4.78, 5) is 52.4. The van der Waals surface area contributed by atoms with E-state index >= 15 is 0 Å². The van der Waals surface area contributed by atoms with Gasteiger partial charge in [-0.3, -0.25) is 37.8 Å². The Morgan fingerprint density at radius 1 is 1.00 bits per heavy atom. The fourth-order valence-corrected chi connectivity index (χ4v) is 6.20. The molecule has 0 saturated carbocycles. The molecule has 2 aliphatic rings. The minimum atomic E-state index is -4.31. The molecule has 5 heterocycles. The number of aryl methyl sites for hydroxylation is 2. The van der Waals surface area contributed by atoms with E-state index < -0.39 is 80.2 Å². The summed E-state index contributed by atoms with van der Waals surface area (Å²) in [7, 11) is -4.31. The first-order chi connectivity index (χ1) is 19.5. The zero-order chi connectivity index (χ0) is 29.5. The molecule has 5 rings (SSSR count). The molecule has 5 N–H and O–H groups in total. The smallest absolute Gasteiger partial charge is 0.383 e. The third kappa shape index (κ3) is 5.80. The van der Waals surface area contributed by atoms with Gasteiger partial charge in [0, 0.05) is 36.4 Å². The second-order valence-corrected chi connectivity index (χ2v) is 11.6. The average Bonchev–Trinajstić information content (AvgIpc) is 3.68. The van der Waals surface area contributed by atoms with E-state index in [1.165, 1.54) is 26.2 Å². The van der Waals surface area contributed by atoms with Gasteiger partial charge < -0.3 is 24.2 Å². The monoisotopic (exact) mass is 597 g/mol. The van der Waals surface area contributed by atoms with Crippen molar-refractivity contribution >= 4 is 13.0 Å². The van der Waals surface area contributed by atoms with Crippen molar-refractivity contribution in [2.24, 2.45) is 0 Å². The maximum Gasteiger partial charge on any atom is 0.383 e. The zero-order valence-corrected chi connectivity index (χ0v) is 22.7. The highest BCUT2D eigenvalue weighted by molar-refractivity contribution is 7.61. The van der Waals surface area contributed by atoms with E-state index in [-0.39, 0.29) is 29.4 Å². The number of rotatable bonds is 9. The molecule has 0 aromatic carbocycles. The van der Waals surface area contributed by atoms with E-state index in [1.54, 1.807) is 0 Å². The number of aromatic nitrogens is 7. The molecule has 3 unspecified atom stereocenters. The molecule has 3 aromatic heterocycles. The van der Waals surface area contributed by atoms with Crippen LogP contribution in [0.2, 0.25) is 0 Å². The summed E-state index contributed by atoms with van der Waals surface area (Å²) in [6.45, 7) is 2.00. The van der Waals surface area contributed by atoms with Crippen molar-refractivity contribution in [2.45, 2.75) is 63.6 Å². The van der Waals surface area contributed by atoms with Gasteiger partial charge in [0.2, 0.25) is 0 Å². The predicted octanol–water partition coefficient (Wildman–Crippen LogP) is -2.33. The quantitative estimate of drug-likeness (QED) is 0.163. The summed E-state index contributed by atoms with van der Waals surface area (Å²) < 4.78 is 39.3. The molecule has 2 aliphatic heterocycles. The molecule has 0 spiro atoms. The summed E-state index contributed by atoms with van der Waals surface area (Å²) in [6, 6.07) is 0. The molecule has 0 bridgehead atoms. The van der Waals surface area contributed by atoms with Crippen LogP contribution in [0.1, 0.15) is 36.4 Å². The zero-order valence-electron chi connectivity index (χ0n) is 21.8. The van der Waals surface area contributed by atoms with Gasteiger partial charge in [-0.25, -0.2) is 9.59 Å². The number of aromatic amines is 3. The Morgan fingerprint density at radius 2 is 1.59 bits per heavy atom. The molecule has 222 valence electrons. The third-order valence-corrected chi connectivity index (χ3v) is 8.66. The first-order valence-electron chi connectivity index (χ1n) is 12.5. The van der Waals surface area contributed by atoms with Crippen LogP contribution in [0.15, 0.2) is 37.8 Å². The molecule has 0 radical (unpaired) electrons. The van der Waals surface area contributed by atoms with E-state index in [4.69, 9.17) is 18.5 Å². The van der Waals surface area contributed by atoms with Crippen LogP contribution in [0.5, 0.6) is 0 Å². The number of ether oxygens (including phenoxy) is 2. The van der Waals surface area contributed by atoms with E-state index in [9.17, 15) is 34.0 Å². The highest BCUT2D eigenvalue weighted by Gasteiger charge is 2.45. The maximum atomic E-state index is 14.0. The normalized spacial score (nSPS) is 27.7. The Balaban J connectivity index is 1.33. The van der Waals surface area contributed by atoms with Crippen LogP contribution < -0.4 is 27.9 Å². The SMILES string of the molecule is Cc1cn([C@H]2CC(O)[C@@H](COP(=O)(OC3C[C@H](n4cc(C)c(=O)[nH]c4=O)O[C@@H]3CO)c3cn[nH]n3)O2)c(=O)[nH]c1=O. The van der Waals surface area contributed by atoms with Crippen LogP contribution in [0.25, 0.3) is 0 Å². The Labute approximate surface area is 229 Å². The van der Waals surface area contributed by atoms with E-state index in [1.807, 2.05) is 0 Å². The summed E-state index contributed by atoms with van der Waals surface area (Å²) in [5.74, 6) is 0. The van der Waals surface area contributed by atoms with E-state index in [2.05, 4.69) is 25.4 Å². The standard InChI is InChI=1S/C22H28N7O11P/c1-10-6-28(21(34)24-19(10)32)17-3-12(31)15(39-17)9-37-41(36,16-5-23-27-26-16)40-13-4-18(38-14(13)8-30)29-7-11(2)20(33)25-22(29)35/h5-7,12-15,17-18,30-31H,3-4,8-9H2,1-2H3,(H,23,26,27)(H,24,32,34)(H,25,33,35)/t12?,13?,14-,15-,17-,18-,41?/m1/s1. The molecular formula is C22H28N7O11P. The number of hydrogen-bond donors (Lipinski definition) is 5. The first-order valence-corrected chi connectivity index (χ1v) is 14.1. The molecule has 7 atom stereocenters. The topological polar surface area (TPSA) is 246 Å². The van der Waals surface area contributed by atoms with Crippen LogP contribution in [0, 0.1) is 13.8 Å².